The third-order valence-corrected chi connectivity index (χ3v) is 3.25. The van der Waals surface area contributed by atoms with E-state index in [1.54, 1.807) is 12.1 Å². The molecule has 1 fully saturated rings. The Bertz CT molecular complexity index is 460. The molecule has 1 saturated carbocycles. The predicted octanol–water partition coefficient (Wildman–Crippen LogP) is 0.956. The van der Waals surface area contributed by atoms with Crippen molar-refractivity contribution in [1.29, 1.82) is 0 Å². The van der Waals surface area contributed by atoms with Crippen LogP contribution in [0.1, 0.15) is 23.3 Å². The highest BCUT2D eigenvalue weighted by molar-refractivity contribution is 5.88. The molecule has 6 nitrogen and oxygen atoms in total. The smallest absolute Gasteiger partial charge is 0.356 e. The van der Waals surface area contributed by atoms with Gasteiger partial charge in [-0.05, 0) is 32.0 Å². The molecular formula is C13H20N4O2. The number of likely N-dealkylation sites (N-methyl/N-ethyl adjacent to an activating group) is 1. The average molecular weight is 264 g/mol. The van der Waals surface area contributed by atoms with Crippen LogP contribution in [0.15, 0.2) is 12.1 Å². The van der Waals surface area contributed by atoms with Gasteiger partial charge in [0.2, 0.25) is 0 Å². The van der Waals surface area contributed by atoms with E-state index in [9.17, 15) is 4.79 Å². The molecule has 1 heterocycles. The second-order valence-corrected chi connectivity index (χ2v) is 4.76. The monoisotopic (exact) mass is 264 g/mol. The maximum atomic E-state index is 11.4. The number of nitrogen functional groups attached to an aromatic ring is 1. The van der Waals surface area contributed by atoms with Gasteiger partial charge in [-0.1, -0.05) is 0 Å². The Morgan fingerprint density at radius 3 is 2.95 bits per heavy atom. The molecule has 0 spiro atoms. The summed E-state index contributed by atoms with van der Waals surface area (Å²) in [5.41, 5.74) is 6.62. The zero-order chi connectivity index (χ0) is 13.8. The van der Waals surface area contributed by atoms with Gasteiger partial charge in [-0.3, -0.25) is 0 Å². The first kappa shape index (κ1) is 13.6. The molecule has 0 atom stereocenters. The summed E-state index contributed by atoms with van der Waals surface area (Å²) in [5.74, 6) is 0.0743. The Balaban J connectivity index is 1.92. The zero-order valence-corrected chi connectivity index (χ0v) is 11.3. The number of nitrogens with two attached hydrogens (primary N) is 1. The summed E-state index contributed by atoms with van der Waals surface area (Å²) in [4.78, 5) is 17.9. The molecule has 104 valence electrons. The summed E-state index contributed by atoms with van der Waals surface area (Å²) in [7, 11) is 3.44. The Kier molecular flexibility index (Phi) is 4.21. The summed E-state index contributed by atoms with van der Waals surface area (Å²) < 4.78 is 4.64. The first-order chi connectivity index (χ1) is 9.11. The Labute approximate surface area is 112 Å². The van der Waals surface area contributed by atoms with Gasteiger partial charge in [-0.25, -0.2) is 9.78 Å². The highest BCUT2D eigenvalue weighted by Crippen LogP contribution is 2.24. The maximum Gasteiger partial charge on any atom is 0.356 e. The van der Waals surface area contributed by atoms with Crippen LogP contribution >= 0.6 is 0 Å². The van der Waals surface area contributed by atoms with E-state index >= 15 is 0 Å². The number of ether oxygens (including phenoxy) is 1. The van der Waals surface area contributed by atoms with Crippen LogP contribution in [0.3, 0.4) is 0 Å². The third kappa shape index (κ3) is 3.57. The van der Waals surface area contributed by atoms with Gasteiger partial charge >= 0.3 is 5.97 Å². The van der Waals surface area contributed by atoms with Crippen molar-refractivity contribution in [2.45, 2.75) is 18.9 Å². The average Bonchev–Trinajstić information content (AvgIpc) is 3.24. The zero-order valence-electron chi connectivity index (χ0n) is 11.3. The number of hydrogen-bond acceptors (Lipinski definition) is 6. The highest BCUT2D eigenvalue weighted by atomic mass is 16.5. The standard InChI is InChI=1S/C13H20N4O2/c1-17(9-3-4-9)8-7-15-12-10(14)5-6-11(16-12)13(18)19-2/h5-6,9H,3-4,7-8,14H2,1-2H3,(H,15,16). The van der Waals surface area contributed by atoms with Crippen molar-refractivity contribution in [2.75, 3.05) is 38.3 Å². The summed E-state index contributed by atoms with van der Waals surface area (Å²) in [6.07, 6.45) is 2.57. The topological polar surface area (TPSA) is 80.5 Å². The largest absolute Gasteiger partial charge is 0.464 e. The summed E-state index contributed by atoms with van der Waals surface area (Å²) in [5, 5.41) is 3.16. The van der Waals surface area contributed by atoms with Crippen LogP contribution in [0.4, 0.5) is 11.5 Å². The van der Waals surface area contributed by atoms with Crippen LogP contribution < -0.4 is 11.1 Å². The molecule has 1 aliphatic rings. The molecule has 3 N–H and O–H groups in total. The quantitative estimate of drug-likeness (QED) is 0.745. The van der Waals surface area contributed by atoms with Gasteiger partial charge in [-0.15, -0.1) is 0 Å². The van der Waals surface area contributed by atoms with Gasteiger partial charge < -0.3 is 20.7 Å². The minimum atomic E-state index is -0.460. The first-order valence-corrected chi connectivity index (χ1v) is 6.40. The van der Waals surface area contributed by atoms with Crippen LogP contribution in [0.25, 0.3) is 0 Å². The van der Waals surface area contributed by atoms with E-state index in [0.29, 0.717) is 11.5 Å². The number of anilines is 2. The van der Waals surface area contributed by atoms with Gasteiger partial charge in [0.25, 0.3) is 0 Å². The summed E-state index contributed by atoms with van der Waals surface area (Å²) in [6.45, 7) is 1.67. The van der Waals surface area contributed by atoms with E-state index in [-0.39, 0.29) is 5.69 Å². The fraction of sp³-hybridized carbons (Fsp3) is 0.538. The second kappa shape index (κ2) is 5.88. The first-order valence-electron chi connectivity index (χ1n) is 6.40. The molecule has 0 aliphatic heterocycles. The van der Waals surface area contributed by atoms with Crippen molar-refractivity contribution in [3.63, 3.8) is 0 Å². The molecule has 0 bridgehead atoms. The van der Waals surface area contributed by atoms with Crippen LogP contribution in [0.5, 0.6) is 0 Å². The van der Waals surface area contributed by atoms with Crippen molar-refractivity contribution in [2.24, 2.45) is 0 Å². The van der Waals surface area contributed by atoms with E-state index in [2.05, 4.69) is 27.0 Å². The number of esters is 1. The number of carbonyl (C=O) groups is 1. The molecule has 0 unspecified atom stereocenters. The van der Waals surface area contributed by atoms with Gasteiger partial charge in [-0.2, -0.15) is 0 Å². The molecule has 2 rings (SSSR count). The minimum Gasteiger partial charge on any atom is -0.464 e. The van der Waals surface area contributed by atoms with E-state index in [1.165, 1.54) is 20.0 Å². The van der Waals surface area contributed by atoms with Gasteiger partial charge in [0.1, 0.15) is 5.82 Å². The van der Waals surface area contributed by atoms with Crippen LogP contribution in [0, 0.1) is 0 Å². The fourth-order valence-corrected chi connectivity index (χ4v) is 1.88. The number of nitrogens with zero attached hydrogens (tertiary/aromatic N) is 2. The lowest BCUT2D eigenvalue weighted by molar-refractivity contribution is 0.0594. The number of rotatable bonds is 6. The Hall–Kier alpha value is -1.82. The van der Waals surface area contributed by atoms with Gasteiger partial charge in [0.05, 0.1) is 12.8 Å². The molecule has 1 aromatic rings. The van der Waals surface area contributed by atoms with Gasteiger partial charge in [0.15, 0.2) is 5.69 Å². The second-order valence-electron chi connectivity index (χ2n) is 4.76. The molecule has 6 heteroatoms. The van der Waals surface area contributed by atoms with E-state index in [1.807, 2.05) is 0 Å². The van der Waals surface area contributed by atoms with Crippen molar-refractivity contribution < 1.29 is 9.53 Å². The van der Waals surface area contributed by atoms with Crippen molar-refractivity contribution >= 4 is 17.5 Å². The number of aromatic nitrogens is 1. The lowest BCUT2D eigenvalue weighted by Gasteiger charge is -2.16. The number of pyridine rings is 1. The molecule has 1 aliphatic carbocycles. The number of hydrogen-bond donors (Lipinski definition) is 2. The number of methoxy groups -OCH3 is 1. The molecule has 0 amide bonds. The maximum absolute atomic E-state index is 11.4. The summed E-state index contributed by atoms with van der Waals surface area (Å²) >= 11 is 0. The van der Waals surface area contributed by atoms with Gasteiger partial charge in [0, 0.05) is 19.1 Å². The SMILES string of the molecule is COC(=O)c1ccc(N)c(NCCN(C)C2CC2)n1. The van der Waals surface area contributed by atoms with Crippen LogP contribution in [-0.4, -0.2) is 49.1 Å². The number of carbonyl (C=O) groups excluding carboxylic acids is 1. The molecule has 19 heavy (non-hydrogen) atoms. The third-order valence-electron chi connectivity index (χ3n) is 3.25. The van der Waals surface area contributed by atoms with E-state index < -0.39 is 5.97 Å². The van der Waals surface area contributed by atoms with Crippen LogP contribution in [0.2, 0.25) is 0 Å². The van der Waals surface area contributed by atoms with E-state index in [0.717, 1.165) is 19.1 Å². The molecule has 0 radical (unpaired) electrons. The van der Waals surface area contributed by atoms with Crippen LogP contribution in [-0.2, 0) is 4.74 Å². The summed E-state index contributed by atoms with van der Waals surface area (Å²) in [6, 6.07) is 3.95. The number of nitrogens with one attached hydrogen (secondary N) is 1. The minimum absolute atomic E-state index is 0.259. The molecular weight excluding hydrogens is 244 g/mol. The predicted molar refractivity (Wildman–Crippen MR) is 74.1 cm³/mol. The Morgan fingerprint density at radius 1 is 1.58 bits per heavy atom. The Morgan fingerprint density at radius 2 is 2.32 bits per heavy atom. The van der Waals surface area contributed by atoms with Crippen molar-refractivity contribution in [3.05, 3.63) is 17.8 Å². The molecule has 1 aromatic heterocycles. The van der Waals surface area contributed by atoms with Crippen molar-refractivity contribution in [3.8, 4) is 0 Å². The van der Waals surface area contributed by atoms with Crippen molar-refractivity contribution in [1.82, 2.24) is 9.88 Å². The molecule has 0 aromatic carbocycles. The normalized spacial score (nSPS) is 14.5. The molecule has 0 saturated heterocycles. The lowest BCUT2D eigenvalue weighted by atomic mass is 10.3. The fourth-order valence-electron chi connectivity index (χ4n) is 1.88. The van der Waals surface area contributed by atoms with E-state index in [4.69, 9.17) is 5.73 Å². The lowest BCUT2D eigenvalue weighted by Crippen LogP contribution is -2.27. The highest BCUT2D eigenvalue weighted by Gasteiger charge is 2.25.